The normalized spacial score (nSPS) is 14.6. The summed E-state index contributed by atoms with van der Waals surface area (Å²) in [6.45, 7) is 2.95. The molecule has 0 saturated heterocycles. The monoisotopic (exact) mass is 464 g/mol. The maximum absolute atomic E-state index is 12.5. The van der Waals surface area contributed by atoms with Gasteiger partial charge in [0.05, 0.1) is 18.8 Å². The number of carbonyl (C=O) groups excluding carboxylic acids is 1. The lowest BCUT2D eigenvalue weighted by molar-refractivity contribution is -0.143. The van der Waals surface area contributed by atoms with Gasteiger partial charge in [-0.2, -0.15) is 0 Å². The van der Waals surface area contributed by atoms with Gasteiger partial charge in [-0.1, -0.05) is 11.6 Å². The Morgan fingerprint density at radius 1 is 1.29 bits per heavy atom. The van der Waals surface area contributed by atoms with Gasteiger partial charge in [-0.05, 0) is 44.2 Å². The number of hydrogen-bond donors (Lipinski definition) is 2. The third-order valence-corrected chi connectivity index (χ3v) is 7.20. The second-order valence-corrected chi connectivity index (χ2v) is 10.0. The molecule has 1 unspecified atom stereocenters. The standard InChI is InChI=1S/C20H21ClN4O5S/c1-11(14-10-12-9-13(21)5-6-15(12)24-17(14)26)23-19-22-8-7-16(25-19)20(2,18(27)30-3)31(4,28)29/h5-11H,1-4H3,(H,24,26)(H,22,23,25)/t11-,20?/m0/s1. The van der Waals surface area contributed by atoms with Crippen LogP contribution in [0.25, 0.3) is 10.9 Å². The van der Waals surface area contributed by atoms with Crippen LogP contribution in [0.1, 0.15) is 31.1 Å². The van der Waals surface area contributed by atoms with Gasteiger partial charge in [0.2, 0.25) is 10.7 Å². The molecule has 2 aromatic heterocycles. The van der Waals surface area contributed by atoms with Gasteiger partial charge in [0.25, 0.3) is 5.56 Å². The minimum Gasteiger partial charge on any atom is -0.468 e. The Kier molecular flexibility index (Phi) is 6.06. The van der Waals surface area contributed by atoms with E-state index in [1.165, 1.54) is 19.2 Å². The van der Waals surface area contributed by atoms with Crippen molar-refractivity contribution in [3.05, 3.63) is 63.2 Å². The number of hydrogen-bond acceptors (Lipinski definition) is 8. The van der Waals surface area contributed by atoms with Gasteiger partial charge >= 0.3 is 5.97 Å². The lowest BCUT2D eigenvalue weighted by Crippen LogP contribution is -2.42. The molecule has 2 N–H and O–H groups in total. The summed E-state index contributed by atoms with van der Waals surface area (Å²) in [6, 6.07) is 7.63. The smallest absolute Gasteiger partial charge is 0.333 e. The van der Waals surface area contributed by atoms with Gasteiger partial charge in [-0.25, -0.2) is 23.2 Å². The van der Waals surface area contributed by atoms with Crippen molar-refractivity contribution < 1.29 is 17.9 Å². The Bertz CT molecular complexity index is 1320. The van der Waals surface area contributed by atoms with Crippen LogP contribution in [0.4, 0.5) is 5.95 Å². The molecule has 11 heteroatoms. The SMILES string of the molecule is COC(=O)C(C)(c1ccnc(N[C@@H](C)c2cc3cc(Cl)ccc3[nH]c2=O)n1)S(C)(=O)=O. The number of nitrogens with zero attached hydrogens (tertiary/aromatic N) is 2. The lowest BCUT2D eigenvalue weighted by Gasteiger charge is -2.24. The summed E-state index contributed by atoms with van der Waals surface area (Å²) in [7, 11) is -2.82. The quantitative estimate of drug-likeness (QED) is 0.532. The van der Waals surface area contributed by atoms with Crippen LogP contribution in [0.2, 0.25) is 5.02 Å². The van der Waals surface area contributed by atoms with Crippen LogP contribution in [0, 0.1) is 0 Å². The molecule has 9 nitrogen and oxygen atoms in total. The number of fused-ring (bicyclic) bond motifs is 1. The lowest BCUT2D eigenvalue weighted by atomic mass is 10.1. The number of anilines is 1. The molecule has 0 aliphatic rings. The molecule has 2 atom stereocenters. The maximum Gasteiger partial charge on any atom is 0.333 e. The molecule has 1 aromatic carbocycles. The van der Waals surface area contributed by atoms with Crippen molar-refractivity contribution in [3.63, 3.8) is 0 Å². The van der Waals surface area contributed by atoms with Crippen molar-refractivity contribution in [1.29, 1.82) is 0 Å². The molecule has 0 radical (unpaired) electrons. The average molecular weight is 465 g/mol. The average Bonchev–Trinajstić information content (AvgIpc) is 2.71. The maximum atomic E-state index is 12.5. The van der Waals surface area contributed by atoms with E-state index < -0.39 is 26.6 Å². The minimum absolute atomic E-state index is 0.0502. The number of sulfone groups is 1. The zero-order valence-electron chi connectivity index (χ0n) is 17.3. The second-order valence-electron chi connectivity index (χ2n) is 7.21. The van der Waals surface area contributed by atoms with Gasteiger partial charge in [-0.3, -0.25) is 4.79 Å². The van der Waals surface area contributed by atoms with Crippen LogP contribution >= 0.6 is 11.6 Å². The van der Waals surface area contributed by atoms with Crippen LogP contribution in [-0.2, 0) is 24.1 Å². The number of aromatic nitrogens is 3. The molecule has 2 heterocycles. The van der Waals surface area contributed by atoms with Crippen LogP contribution in [0.5, 0.6) is 0 Å². The Morgan fingerprint density at radius 2 is 2.00 bits per heavy atom. The Hall–Kier alpha value is -2.98. The number of nitrogens with one attached hydrogen (secondary N) is 2. The first kappa shape index (κ1) is 22.7. The summed E-state index contributed by atoms with van der Waals surface area (Å²) in [5.74, 6) is -0.912. The fraction of sp³-hybridized carbons (Fsp3) is 0.300. The molecule has 3 rings (SSSR count). The third-order valence-electron chi connectivity index (χ3n) is 5.11. The van der Waals surface area contributed by atoms with E-state index in [9.17, 15) is 18.0 Å². The second kappa shape index (κ2) is 8.27. The highest BCUT2D eigenvalue weighted by Gasteiger charge is 2.48. The first-order valence-corrected chi connectivity index (χ1v) is 11.4. The largest absolute Gasteiger partial charge is 0.468 e. The van der Waals surface area contributed by atoms with Crippen LogP contribution in [0.3, 0.4) is 0 Å². The fourth-order valence-electron chi connectivity index (χ4n) is 3.12. The first-order chi connectivity index (χ1) is 14.5. The number of carbonyl (C=O) groups is 1. The van der Waals surface area contributed by atoms with Gasteiger partial charge in [0, 0.05) is 33.9 Å². The van der Waals surface area contributed by atoms with Gasteiger partial charge < -0.3 is 15.0 Å². The van der Waals surface area contributed by atoms with Gasteiger partial charge in [-0.15, -0.1) is 0 Å². The highest BCUT2D eigenvalue weighted by atomic mass is 35.5. The minimum atomic E-state index is -3.92. The summed E-state index contributed by atoms with van der Waals surface area (Å²) in [6.07, 6.45) is 2.26. The van der Waals surface area contributed by atoms with E-state index in [-0.39, 0.29) is 17.2 Å². The molecule has 0 aliphatic heterocycles. The number of benzene rings is 1. The topological polar surface area (TPSA) is 131 Å². The number of rotatable bonds is 6. The third kappa shape index (κ3) is 4.26. The number of esters is 1. The number of ether oxygens (including phenoxy) is 1. The Balaban J connectivity index is 1.99. The van der Waals surface area contributed by atoms with E-state index >= 15 is 0 Å². The van der Waals surface area contributed by atoms with Crippen LogP contribution < -0.4 is 10.9 Å². The summed E-state index contributed by atoms with van der Waals surface area (Å²) in [4.78, 5) is 35.9. The number of aromatic amines is 1. The molecule has 0 amide bonds. The molecular weight excluding hydrogens is 444 g/mol. The predicted molar refractivity (Wildman–Crippen MR) is 118 cm³/mol. The summed E-state index contributed by atoms with van der Waals surface area (Å²) in [5.41, 5.74) is 0.695. The molecular formula is C20H21ClN4O5S. The van der Waals surface area contributed by atoms with E-state index in [4.69, 9.17) is 16.3 Å². The summed E-state index contributed by atoms with van der Waals surface area (Å²) in [5, 5.41) is 4.26. The fourth-order valence-corrected chi connectivity index (χ4v) is 4.18. The molecule has 0 aliphatic carbocycles. The number of halogens is 1. The van der Waals surface area contributed by atoms with Gasteiger partial charge in [0.15, 0.2) is 9.84 Å². The molecule has 164 valence electrons. The van der Waals surface area contributed by atoms with Gasteiger partial charge in [0.1, 0.15) is 0 Å². The highest BCUT2D eigenvalue weighted by Crippen LogP contribution is 2.30. The Labute approximate surface area is 183 Å². The molecule has 0 saturated carbocycles. The number of H-pyrrole nitrogens is 1. The summed E-state index contributed by atoms with van der Waals surface area (Å²) >= 11 is 6.04. The first-order valence-electron chi connectivity index (χ1n) is 9.18. The number of pyridine rings is 1. The molecule has 3 aromatic rings. The van der Waals surface area contributed by atoms with Crippen molar-refractivity contribution >= 4 is 44.3 Å². The molecule has 0 spiro atoms. The van der Waals surface area contributed by atoms with Crippen molar-refractivity contribution in [3.8, 4) is 0 Å². The highest BCUT2D eigenvalue weighted by molar-refractivity contribution is 7.92. The summed E-state index contributed by atoms with van der Waals surface area (Å²) < 4.78 is 27.4. The van der Waals surface area contributed by atoms with Crippen molar-refractivity contribution in [1.82, 2.24) is 15.0 Å². The Morgan fingerprint density at radius 3 is 2.65 bits per heavy atom. The number of methoxy groups -OCH3 is 1. The zero-order chi connectivity index (χ0) is 23.0. The van der Waals surface area contributed by atoms with E-state index in [2.05, 4.69) is 20.3 Å². The predicted octanol–water partition coefficient (Wildman–Crippen LogP) is 2.58. The van der Waals surface area contributed by atoms with Crippen molar-refractivity contribution in [2.45, 2.75) is 24.6 Å². The van der Waals surface area contributed by atoms with E-state index in [1.807, 2.05) is 0 Å². The molecule has 31 heavy (non-hydrogen) atoms. The van der Waals surface area contributed by atoms with Crippen molar-refractivity contribution in [2.24, 2.45) is 0 Å². The van der Waals surface area contributed by atoms with Crippen molar-refractivity contribution in [2.75, 3.05) is 18.7 Å². The van der Waals surface area contributed by atoms with Crippen LogP contribution in [-0.4, -0.2) is 42.7 Å². The zero-order valence-corrected chi connectivity index (χ0v) is 18.8. The molecule has 0 fully saturated rings. The van der Waals surface area contributed by atoms with E-state index in [0.29, 0.717) is 16.1 Å². The van der Waals surface area contributed by atoms with E-state index in [1.54, 1.807) is 31.2 Å². The van der Waals surface area contributed by atoms with E-state index in [0.717, 1.165) is 18.8 Å². The van der Waals surface area contributed by atoms with Crippen LogP contribution in [0.15, 0.2) is 41.3 Å². The molecule has 0 bridgehead atoms.